The van der Waals surface area contributed by atoms with Gasteiger partial charge in [0.05, 0.1) is 18.4 Å². The third-order valence-corrected chi connectivity index (χ3v) is 6.04. The van der Waals surface area contributed by atoms with Crippen molar-refractivity contribution in [2.75, 3.05) is 26.0 Å². The number of anilines is 1. The first-order valence-electron chi connectivity index (χ1n) is 8.86. The van der Waals surface area contributed by atoms with Crippen molar-refractivity contribution in [1.29, 1.82) is 0 Å². The minimum atomic E-state index is -3.51. The van der Waals surface area contributed by atoms with Crippen molar-refractivity contribution in [2.24, 2.45) is 0 Å². The molecule has 146 valence electrons. The largest absolute Gasteiger partial charge is 0.497 e. The Labute approximate surface area is 161 Å². The van der Waals surface area contributed by atoms with Crippen LogP contribution in [-0.2, 0) is 21.2 Å². The van der Waals surface area contributed by atoms with Crippen LogP contribution in [0.2, 0.25) is 0 Å². The molecule has 0 aromatic heterocycles. The van der Waals surface area contributed by atoms with E-state index in [-0.39, 0.29) is 17.2 Å². The first-order chi connectivity index (χ1) is 12.9. The van der Waals surface area contributed by atoms with Crippen LogP contribution < -0.4 is 10.1 Å². The van der Waals surface area contributed by atoms with Gasteiger partial charge in [0.1, 0.15) is 5.75 Å². The van der Waals surface area contributed by atoms with Crippen molar-refractivity contribution in [3.63, 3.8) is 0 Å². The van der Waals surface area contributed by atoms with Gasteiger partial charge in [0.15, 0.2) is 0 Å². The lowest BCUT2D eigenvalue weighted by Gasteiger charge is -2.17. The number of carbonyl (C=O) groups is 1. The highest BCUT2D eigenvalue weighted by molar-refractivity contribution is 7.89. The lowest BCUT2D eigenvalue weighted by molar-refractivity contribution is -0.115. The second-order valence-corrected chi connectivity index (χ2v) is 8.33. The Morgan fingerprint density at radius 1 is 1.15 bits per heavy atom. The Morgan fingerprint density at radius 2 is 1.85 bits per heavy atom. The molecule has 0 aliphatic carbocycles. The van der Waals surface area contributed by atoms with Crippen LogP contribution in [0.3, 0.4) is 0 Å². The zero-order valence-corrected chi connectivity index (χ0v) is 16.8. The average molecular weight is 391 g/mol. The summed E-state index contributed by atoms with van der Waals surface area (Å²) in [6, 6.07) is 13.5. The van der Waals surface area contributed by atoms with E-state index >= 15 is 0 Å². The van der Waals surface area contributed by atoms with Crippen molar-refractivity contribution in [3.8, 4) is 5.75 Å². The predicted octanol–water partition coefficient (Wildman–Crippen LogP) is 3.30. The number of amides is 1. The average Bonchev–Trinajstić information content (AvgIpc) is 2.66. The van der Waals surface area contributed by atoms with Gasteiger partial charge in [0, 0.05) is 19.3 Å². The minimum Gasteiger partial charge on any atom is -0.497 e. The summed E-state index contributed by atoms with van der Waals surface area (Å²) in [6.45, 7) is 2.50. The smallest absolute Gasteiger partial charge is 0.242 e. The third kappa shape index (κ3) is 5.80. The van der Waals surface area contributed by atoms with Gasteiger partial charge in [0.25, 0.3) is 0 Å². The molecule has 1 amide bonds. The van der Waals surface area contributed by atoms with Crippen molar-refractivity contribution in [2.45, 2.75) is 31.1 Å². The Balaban J connectivity index is 2.01. The fraction of sp³-hybridized carbons (Fsp3) is 0.350. The van der Waals surface area contributed by atoms with Crippen molar-refractivity contribution in [1.82, 2.24) is 4.31 Å². The van der Waals surface area contributed by atoms with Gasteiger partial charge >= 0.3 is 0 Å². The summed E-state index contributed by atoms with van der Waals surface area (Å²) in [4.78, 5) is 12.4. The molecule has 0 saturated heterocycles. The Morgan fingerprint density at radius 3 is 2.48 bits per heavy atom. The summed E-state index contributed by atoms with van der Waals surface area (Å²) in [5, 5.41) is 2.78. The van der Waals surface area contributed by atoms with Gasteiger partial charge in [-0.3, -0.25) is 4.79 Å². The SMILES string of the molecule is CCCCN(C)S(=O)(=O)c1ccc(NC(=O)Cc2cccc(OC)c2)cc1. The van der Waals surface area contributed by atoms with Gasteiger partial charge in [-0.1, -0.05) is 25.5 Å². The van der Waals surface area contributed by atoms with Crippen LogP contribution >= 0.6 is 0 Å². The lowest BCUT2D eigenvalue weighted by Crippen LogP contribution is -2.27. The van der Waals surface area contributed by atoms with Crippen LogP contribution in [0.5, 0.6) is 5.75 Å². The molecule has 0 radical (unpaired) electrons. The Kier molecular flexibility index (Phi) is 7.38. The van der Waals surface area contributed by atoms with E-state index < -0.39 is 10.0 Å². The summed E-state index contributed by atoms with van der Waals surface area (Å²) in [7, 11) is -0.350. The molecule has 2 aromatic carbocycles. The fourth-order valence-electron chi connectivity index (χ4n) is 2.56. The minimum absolute atomic E-state index is 0.182. The molecule has 6 nitrogen and oxygen atoms in total. The quantitative estimate of drug-likeness (QED) is 0.713. The number of sulfonamides is 1. The van der Waals surface area contributed by atoms with Crippen LogP contribution in [0.25, 0.3) is 0 Å². The number of ether oxygens (including phenoxy) is 1. The molecular formula is C20H26N2O4S. The highest BCUT2D eigenvalue weighted by Gasteiger charge is 2.20. The highest BCUT2D eigenvalue weighted by atomic mass is 32.2. The topological polar surface area (TPSA) is 75.7 Å². The third-order valence-electron chi connectivity index (χ3n) is 4.17. The summed E-state index contributed by atoms with van der Waals surface area (Å²) >= 11 is 0. The number of hydrogen-bond donors (Lipinski definition) is 1. The summed E-state index contributed by atoms with van der Waals surface area (Å²) in [6.07, 6.45) is 1.95. The molecule has 0 aliphatic heterocycles. The molecule has 0 saturated carbocycles. The molecular weight excluding hydrogens is 364 g/mol. The van der Waals surface area contributed by atoms with E-state index in [0.717, 1.165) is 18.4 Å². The number of methoxy groups -OCH3 is 1. The van der Waals surface area contributed by atoms with E-state index in [2.05, 4.69) is 5.32 Å². The highest BCUT2D eigenvalue weighted by Crippen LogP contribution is 2.19. The van der Waals surface area contributed by atoms with E-state index in [1.54, 1.807) is 32.4 Å². The molecule has 1 N–H and O–H groups in total. The zero-order valence-electron chi connectivity index (χ0n) is 15.9. The van der Waals surface area contributed by atoms with Crippen LogP contribution in [0, 0.1) is 0 Å². The Hall–Kier alpha value is -2.38. The van der Waals surface area contributed by atoms with E-state index in [9.17, 15) is 13.2 Å². The second-order valence-electron chi connectivity index (χ2n) is 6.28. The number of carbonyl (C=O) groups excluding carboxylic acids is 1. The van der Waals surface area contributed by atoms with Crippen molar-refractivity contribution >= 4 is 21.6 Å². The monoisotopic (exact) mass is 390 g/mol. The number of unbranched alkanes of at least 4 members (excludes halogenated alkanes) is 1. The molecule has 27 heavy (non-hydrogen) atoms. The van der Waals surface area contributed by atoms with Crippen LogP contribution in [0.15, 0.2) is 53.4 Å². The van der Waals surface area contributed by atoms with Crippen LogP contribution in [0.4, 0.5) is 5.69 Å². The number of rotatable bonds is 9. The van der Waals surface area contributed by atoms with E-state index in [4.69, 9.17) is 4.74 Å². The molecule has 0 heterocycles. The molecule has 2 aromatic rings. The number of nitrogens with zero attached hydrogens (tertiary/aromatic N) is 1. The molecule has 2 rings (SSSR count). The predicted molar refractivity (Wildman–Crippen MR) is 106 cm³/mol. The number of benzene rings is 2. The fourth-order valence-corrected chi connectivity index (χ4v) is 3.77. The molecule has 0 unspecified atom stereocenters. The number of nitrogens with one attached hydrogen (secondary N) is 1. The molecule has 0 bridgehead atoms. The van der Waals surface area contributed by atoms with Gasteiger partial charge in [0.2, 0.25) is 15.9 Å². The molecule has 7 heteroatoms. The zero-order chi connectivity index (χ0) is 19.9. The van der Waals surface area contributed by atoms with E-state index in [1.165, 1.54) is 16.4 Å². The standard InChI is InChI=1S/C20H26N2O4S/c1-4-5-13-22(2)27(24,25)19-11-9-17(10-12-19)21-20(23)15-16-7-6-8-18(14-16)26-3/h6-12,14H,4-5,13,15H2,1-3H3,(H,21,23). The van der Waals surface area contributed by atoms with Gasteiger partial charge in [-0.15, -0.1) is 0 Å². The lowest BCUT2D eigenvalue weighted by atomic mass is 10.1. The van der Waals surface area contributed by atoms with E-state index in [1.807, 2.05) is 25.1 Å². The first kappa shape index (κ1) is 20.9. The number of hydrogen-bond acceptors (Lipinski definition) is 4. The molecule has 0 spiro atoms. The van der Waals surface area contributed by atoms with Crippen LogP contribution in [-0.4, -0.2) is 39.3 Å². The Bertz CT molecular complexity index is 864. The van der Waals surface area contributed by atoms with Gasteiger partial charge in [-0.2, -0.15) is 0 Å². The van der Waals surface area contributed by atoms with E-state index in [0.29, 0.717) is 18.0 Å². The molecule has 0 aliphatic rings. The van der Waals surface area contributed by atoms with Gasteiger partial charge in [-0.05, 0) is 48.4 Å². The maximum Gasteiger partial charge on any atom is 0.242 e. The van der Waals surface area contributed by atoms with Gasteiger partial charge in [-0.25, -0.2) is 12.7 Å². The summed E-state index contributed by atoms with van der Waals surface area (Å²) in [5.74, 6) is 0.515. The maximum atomic E-state index is 12.5. The molecule has 0 atom stereocenters. The van der Waals surface area contributed by atoms with Crippen molar-refractivity contribution < 1.29 is 17.9 Å². The second kappa shape index (κ2) is 9.53. The van der Waals surface area contributed by atoms with Gasteiger partial charge < -0.3 is 10.1 Å². The normalized spacial score (nSPS) is 11.4. The summed E-state index contributed by atoms with van der Waals surface area (Å²) < 4.78 is 31.5. The maximum absolute atomic E-state index is 12.5. The summed E-state index contributed by atoms with van der Waals surface area (Å²) in [5.41, 5.74) is 1.39. The first-order valence-corrected chi connectivity index (χ1v) is 10.3. The molecule has 0 fully saturated rings. The van der Waals surface area contributed by atoms with Crippen molar-refractivity contribution in [3.05, 3.63) is 54.1 Å². The van der Waals surface area contributed by atoms with Crippen LogP contribution in [0.1, 0.15) is 25.3 Å².